The molecule has 6 nitrogen and oxygen atoms in total. The number of imide groups is 1. The Kier molecular flexibility index (Phi) is 6.37. The average molecular weight is 482 g/mol. The quantitative estimate of drug-likeness (QED) is 0.397. The van der Waals surface area contributed by atoms with Crippen LogP contribution in [-0.4, -0.2) is 36.0 Å². The number of anilines is 2. The Morgan fingerprint density at radius 3 is 2.31 bits per heavy atom. The molecule has 36 heavy (non-hydrogen) atoms. The number of ether oxygens (including phenoxy) is 1. The number of aryl methyl sites for hydroxylation is 2. The maximum atomic E-state index is 13.8. The molecule has 1 N–H and O–H groups in total. The van der Waals surface area contributed by atoms with Crippen molar-refractivity contribution in [3.05, 3.63) is 101 Å². The zero-order valence-corrected chi connectivity index (χ0v) is 21.1. The van der Waals surface area contributed by atoms with Crippen molar-refractivity contribution in [2.24, 2.45) is 5.92 Å². The van der Waals surface area contributed by atoms with E-state index in [0.29, 0.717) is 12.1 Å². The molecule has 3 atom stereocenters. The number of nitrogens with zero attached hydrogens (tertiary/aromatic N) is 2. The van der Waals surface area contributed by atoms with E-state index in [4.69, 9.17) is 4.74 Å². The van der Waals surface area contributed by atoms with Gasteiger partial charge in [-0.05, 0) is 74.2 Å². The predicted molar refractivity (Wildman–Crippen MR) is 142 cm³/mol. The highest BCUT2D eigenvalue weighted by Gasteiger charge is 2.53. The van der Waals surface area contributed by atoms with Crippen molar-refractivity contribution in [2.45, 2.75) is 39.3 Å². The number of rotatable bonds is 6. The first-order valence-electron chi connectivity index (χ1n) is 12.2. The third kappa shape index (κ3) is 4.29. The van der Waals surface area contributed by atoms with Gasteiger partial charge in [-0.2, -0.15) is 0 Å². The minimum Gasteiger partial charge on any atom is -0.496 e. The highest BCUT2D eigenvalue weighted by molar-refractivity contribution is 6.24. The zero-order valence-electron chi connectivity index (χ0n) is 21.1. The summed E-state index contributed by atoms with van der Waals surface area (Å²) in [5, 5.41) is 1.96. The standard InChI is InChI=1S/C30H31N3O3/c1-19-10-12-23(13-11-19)31-33-25(17-22-16-20(2)21(3)27(18-22)36-4)14-15-26-28(33)30(35)32(29(26)34)24-8-6-5-7-9-24/h5-16,18,25-26,28,31H,17H2,1-4H3. The second-order valence-electron chi connectivity index (χ2n) is 9.60. The fourth-order valence-electron chi connectivity index (χ4n) is 5.10. The lowest BCUT2D eigenvalue weighted by atomic mass is 9.91. The van der Waals surface area contributed by atoms with Gasteiger partial charge in [0.25, 0.3) is 5.91 Å². The summed E-state index contributed by atoms with van der Waals surface area (Å²) in [6, 6.07) is 20.6. The van der Waals surface area contributed by atoms with Crippen LogP contribution in [0, 0.1) is 26.7 Å². The molecule has 2 aliphatic heterocycles. The number of hydrogen-bond acceptors (Lipinski definition) is 5. The van der Waals surface area contributed by atoms with Gasteiger partial charge >= 0.3 is 0 Å². The molecule has 0 aliphatic carbocycles. The molecule has 3 unspecified atom stereocenters. The first-order valence-corrected chi connectivity index (χ1v) is 12.2. The molecule has 6 heteroatoms. The maximum Gasteiger partial charge on any atom is 0.254 e. The number of fused-ring (bicyclic) bond motifs is 1. The second kappa shape index (κ2) is 9.63. The summed E-state index contributed by atoms with van der Waals surface area (Å²) >= 11 is 0. The molecule has 0 bridgehead atoms. The minimum atomic E-state index is -0.651. The van der Waals surface area contributed by atoms with Gasteiger partial charge in [-0.25, -0.2) is 9.91 Å². The molecule has 2 heterocycles. The van der Waals surface area contributed by atoms with Gasteiger partial charge in [-0.1, -0.05) is 54.1 Å². The SMILES string of the molecule is COc1cc(CC2C=CC3C(=O)N(c4ccccc4)C(=O)C3N2Nc2ccc(C)cc2)cc(C)c1C. The van der Waals surface area contributed by atoms with Crippen LogP contribution < -0.4 is 15.1 Å². The average Bonchev–Trinajstić information content (AvgIpc) is 3.14. The van der Waals surface area contributed by atoms with E-state index in [0.717, 1.165) is 33.7 Å². The third-order valence-corrected chi connectivity index (χ3v) is 7.19. The Morgan fingerprint density at radius 1 is 0.889 bits per heavy atom. The van der Waals surface area contributed by atoms with E-state index in [1.54, 1.807) is 19.2 Å². The van der Waals surface area contributed by atoms with Gasteiger partial charge in [0, 0.05) is 5.69 Å². The Balaban J connectivity index is 1.52. The Hall–Kier alpha value is -3.90. The normalized spacial score (nSPS) is 21.6. The van der Waals surface area contributed by atoms with Crippen LogP contribution in [0.3, 0.4) is 0 Å². The summed E-state index contributed by atoms with van der Waals surface area (Å²) in [5.74, 6) is -0.124. The number of amides is 2. The molecule has 0 radical (unpaired) electrons. The van der Waals surface area contributed by atoms with Crippen LogP contribution >= 0.6 is 0 Å². The summed E-state index contributed by atoms with van der Waals surface area (Å²) in [6.07, 6.45) is 4.61. The molecule has 2 aliphatic rings. The number of hydrazine groups is 1. The van der Waals surface area contributed by atoms with Gasteiger partial charge in [-0.15, -0.1) is 0 Å². The fourth-order valence-corrected chi connectivity index (χ4v) is 5.10. The lowest BCUT2D eigenvalue weighted by Gasteiger charge is -2.39. The van der Waals surface area contributed by atoms with Crippen molar-refractivity contribution in [3.63, 3.8) is 0 Å². The summed E-state index contributed by atoms with van der Waals surface area (Å²) < 4.78 is 5.60. The van der Waals surface area contributed by atoms with Crippen molar-refractivity contribution in [1.82, 2.24) is 5.01 Å². The summed E-state index contributed by atoms with van der Waals surface area (Å²) in [7, 11) is 1.68. The van der Waals surface area contributed by atoms with E-state index >= 15 is 0 Å². The maximum absolute atomic E-state index is 13.8. The van der Waals surface area contributed by atoms with E-state index in [-0.39, 0.29) is 17.9 Å². The van der Waals surface area contributed by atoms with Crippen molar-refractivity contribution >= 4 is 23.2 Å². The monoisotopic (exact) mass is 481 g/mol. The summed E-state index contributed by atoms with van der Waals surface area (Å²) in [5.41, 5.74) is 9.48. The minimum absolute atomic E-state index is 0.146. The van der Waals surface area contributed by atoms with Crippen LogP contribution in [0.1, 0.15) is 22.3 Å². The highest BCUT2D eigenvalue weighted by atomic mass is 16.5. The van der Waals surface area contributed by atoms with Gasteiger partial charge in [0.1, 0.15) is 11.8 Å². The molecular weight excluding hydrogens is 450 g/mol. The van der Waals surface area contributed by atoms with Crippen LogP contribution in [0.5, 0.6) is 5.75 Å². The first-order chi connectivity index (χ1) is 17.4. The van der Waals surface area contributed by atoms with E-state index in [2.05, 4.69) is 31.4 Å². The Morgan fingerprint density at radius 2 is 1.61 bits per heavy atom. The van der Waals surface area contributed by atoms with E-state index in [1.807, 2.05) is 66.5 Å². The molecule has 1 fully saturated rings. The number of carbonyl (C=O) groups is 2. The van der Waals surface area contributed by atoms with Crippen LogP contribution in [0.15, 0.2) is 78.9 Å². The smallest absolute Gasteiger partial charge is 0.254 e. The van der Waals surface area contributed by atoms with Crippen molar-refractivity contribution < 1.29 is 14.3 Å². The van der Waals surface area contributed by atoms with Crippen LogP contribution in [0.25, 0.3) is 0 Å². The Labute approximate surface area is 212 Å². The molecular formula is C30H31N3O3. The van der Waals surface area contributed by atoms with E-state index in [1.165, 1.54) is 4.90 Å². The number of hydrogen-bond donors (Lipinski definition) is 1. The predicted octanol–water partition coefficient (Wildman–Crippen LogP) is 4.99. The van der Waals surface area contributed by atoms with Gasteiger partial charge in [0.2, 0.25) is 5.91 Å². The highest BCUT2D eigenvalue weighted by Crippen LogP contribution is 2.36. The molecule has 0 spiro atoms. The number of nitrogens with one attached hydrogen (secondary N) is 1. The lowest BCUT2D eigenvalue weighted by Crippen LogP contribution is -2.54. The number of benzene rings is 3. The topological polar surface area (TPSA) is 61.9 Å². The fraction of sp³-hybridized carbons (Fsp3) is 0.267. The summed E-state index contributed by atoms with van der Waals surface area (Å²) in [6.45, 7) is 6.17. The van der Waals surface area contributed by atoms with Gasteiger partial charge in [0.05, 0.1) is 24.8 Å². The molecule has 3 aromatic rings. The molecule has 1 saturated heterocycles. The number of carbonyl (C=O) groups excluding carboxylic acids is 2. The molecule has 3 aromatic carbocycles. The molecule has 184 valence electrons. The zero-order chi connectivity index (χ0) is 25.4. The first kappa shape index (κ1) is 23.8. The second-order valence-corrected chi connectivity index (χ2v) is 9.60. The van der Waals surface area contributed by atoms with Gasteiger partial charge in [0.15, 0.2) is 0 Å². The van der Waals surface area contributed by atoms with Gasteiger partial charge in [-0.3, -0.25) is 9.59 Å². The number of methoxy groups -OCH3 is 1. The molecule has 5 rings (SSSR count). The van der Waals surface area contributed by atoms with E-state index in [9.17, 15) is 9.59 Å². The van der Waals surface area contributed by atoms with Crippen molar-refractivity contribution in [3.8, 4) is 5.75 Å². The molecule has 2 amide bonds. The van der Waals surface area contributed by atoms with Gasteiger partial charge < -0.3 is 10.2 Å². The third-order valence-electron chi connectivity index (χ3n) is 7.19. The Bertz CT molecular complexity index is 1320. The van der Waals surface area contributed by atoms with Crippen molar-refractivity contribution in [1.29, 1.82) is 0 Å². The largest absolute Gasteiger partial charge is 0.496 e. The number of para-hydroxylation sites is 1. The molecule has 0 saturated carbocycles. The van der Waals surface area contributed by atoms with Crippen molar-refractivity contribution in [2.75, 3.05) is 17.4 Å². The molecule has 0 aromatic heterocycles. The van der Waals surface area contributed by atoms with Crippen LogP contribution in [-0.2, 0) is 16.0 Å². The van der Waals surface area contributed by atoms with Crippen LogP contribution in [0.4, 0.5) is 11.4 Å². The van der Waals surface area contributed by atoms with E-state index < -0.39 is 12.0 Å². The lowest BCUT2D eigenvalue weighted by molar-refractivity contribution is -0.123. The van der Waals surface area contributed by atoms with Crippen LogP contribution in [0.2, 0.25) is 0 Å². The summed E-state index contributed by atoms with van der Waals surface area (Å²) in [4.78, 5) is 28.5.